The monoisotopic (exact) mass is 378 g/mol. The summed E-state index contributed by atoms with van der Waals surface area (Å²) in [5, 5.41) is 6.84. The van der Waals surface area contributed by atoms with Crippen LogP contribution in [0.3, 0.4) is 0 Å². The zero-order valence-corrected chi connectivity index (χ0v) is 17.0. The lowest BCUT2D eigenvalue weighted by molar-refractivity contribution is -0.134. The second kappa shape index (κ2) is 10.9. The third-order valence-corrected chi connectivity index (χ3v) is 6.32. The second-order valence-corrected chi connectivity index (χ2v) is 8.38. The average Bonchev–Trinajstić information content (AvgIpc) is 3.32. The summed E-state index contributed by atoms with van der Waals surface area (Å²) in [7, 11) is 1.80. The fraction of sp³-hybridized carbons (Fsp3) is 0.905. The Labute approximate surface area is 164 Å². The number of ether oxygens (including phenoxy) is 1. The highest BCUT2D eigenvalue weighted by atomic mass is 16.5. The molecule has 6 nitrogen and oxygen atoms in total. The molecule has 1 atom stereocenters. The molecular weight excluding hydrogens is 340 g/mol. The Morgan fingerprint density at radius 2 is 1.74 bits per heavy atom. The number of nitrogens with zero attached hydrogens (tertiary/aromatic N) is 2. The van der Waals surface area contributed by atoms with Crippen LogP contribution in [0.1, 0.15) is 70.6 Å². The van der Waals surface area contributed by atoms with Crippen LogP contribution in [0.5, 0.6) is 0 Å². The van der Waals surface area contributed by atoms with Gasteiger partial charge in [-0.05, 0) is 32.1 Å². The molecule has 1 heterocycles. The van der Waals surface area contributed by atoms with E-state index in [4.69, 9.17) is 4.74 Å². The van der Waals surface area contributed by atoms with Gasteiger partial charge in [0.25, 0.3) is 0 Å². The van der Waals surface area contributed by atoms with Gasteiger partial charge in [0.15, 0.2) is 5.96 Å². The molecule has 1 aliphatic heterocycles. The molecule has 154 valence electrons. The van der Waals surface area contributed by atoms with E-state index in [1.807, 2.05) is 0 Å². The summed E-state index contributed by atoms with van der Waals surface area (Å²) in [5.74, 6) is 1.47. The molecule has 1 unspecified atom stereocenters. The molecule has 3 aliphatic rings. The minimum absolute atomic E-state index is 0.280. The molecule has 2 N–H and O–H groups in total. The van der Waals surface area contributed by atoms with Gasteiger partial charge in [-0.15, -0.1) is 0 Å². The standard InChI is InChI=1S/C21H38N4O2/c1-22-21(23-13-15-27-19-10-4-2-3-5-11-19)24-18-12-14-25(16-18)20(26)17-8-6-7-9-17/h17-19H,2-16H2,1H3,(H2,22,23,24). The van der Waals surface area contributed by atoms with E-state index < -0.39 is 0 Å². The molecule has 0 aromatic carbocycles. The molecule has 2 aliphatic carbocycles. The maximum absolute atomic E-state index is 12.6. The number of carbonyl (C=O) groups is 1. The number of carbonyl (C=O) groups excluding carboxylic acids is 1. The number of nitrogens with one attached hydrogen (secondary N) is 2. The second-order valence-electron chi connectivity index (χ2n) is 8.38. The predicted octanol–water partition coefficient (Wildman–Crippen LogP) is 2.68. The van der Waals surface area contributed by atoms with Crippen molar-refractivity contribution >= 4 is 11.9 Å². The van der Waals surface area contributed by atoms with Crippen LogP contribution in [-0.2, 0) is 9.53 Å². The lowest BCUT2D eigenvalue weighted by atomic mass is 10.1. The molecule has 0 aromatic rings. The SMILES string of the molecule is CN=C(NCCOC1CCCCCC1)NC1CCN(C(=O)C2CCCC2)C1. The van der Waals surface area contributed by atoms with E-state index in [1.54, 1.807) is 7.05 Å². The van der Waals surface area contributed by atoms with E-state index in [1.165, 1.54) is 51.4 Å². The number of hydrogen-bond donors (Lipinski definition) is 2. The van der Waals surface area contributed by atoms with Crippen LogP contribution in [-0.4, -0.2) is 62.2 Å². The molecule has 0 radical (unpaired) electrons. The summed E-state index contributed by atoms with van der Waals surface area (Å²) in [4.78, 5) is 19.0. The summed E-state index contributed by atoms with van der Waals surface area (Å²) in [6.45, 7) is 3.17. The van der Waals surface area contributed by atoms with Gasteiger partial charge in [-0.25, -0.2) is 0 Å². The van der Waals surface area contributed by atoms with Crippen molar-refractivity contribution in [3.63, 3.8) is 0 Å². The van der Waals surface area contributed by atoms with Crippen molar-refractivity contribution < 1.29 is 9.53 Å². The number of aliphatic imine (C=N–C) groups is 1. The van der Waals surface area contributed by atoms with Crippen LogP contribution in [0, 0.1) is 5.92 Å². The van der Waals surface area contributed by atoms with Gasteiger partial charge >= 0.3 is 0 Å². The lowest BCUT2D eigenvalue weighted by Crippen LogP contribution is -2.46. The molecule has 2 saturated carbocycles. The van der Waals surface area contributed by atoms with Crippen molar-refractivity contribution in [1.82, 2.24) is 15.5 Å². The highest BCUT2D eigenvalue weighted by molar-refractivity contribution is 5.81. The topological polar surface area (TPSA) is 66.0 Å². The van der Waals surface area contributed by atoms with Gasteiger partial charge in [-0.3, -0.25) is 9.79 Å². The van der Waals surface area contributed by atoms with Crippen LogP contribution in [0.15, 0.2) is 4.99 Å². The fourth-order valence-electron chi connectivity index (χ4n) is 4.70. The summed E-state index contributed by atoms with van der Waals surface area (Å²) in [6, 6.07) is 0.296. The Morgan fingerprint density at radius 3 is 2.44 bits per heavy atom. The fourth-order valence-corrected chi connectivity index (χ4v) is 4.70. The first kappa shape index (κ1) is 20.4. The molecule has 3 rings (SSSR count). The zero-order valence-electron chi connectivity index (χ0n) is 17.0. The first-order valence-corrected chi connectivity index (χ1v) is 11.1. The number of amides is 1. The molecular formula is C21H38N4O2. The van der Waals surface area contributed by atoms with Crippen LogP contribution >= 0.6 is 0 Å². The van der Waals surface area contributed by atoms with Crippen LogP contribution < -0.4 is 10.6 Å². The van der Waals surface area contributed by atoms with Crippen LogP contribution in [0.25, 0.3) is 0 Å². The van der Waals surface area contributed by atoms with Gasteiger partial charge in [0, 0.05) is 38.6 Å². The third-order valence-electron chi connectivity index (χ3n) is 6.32. The highest BCUT2D eigenvalue weighted by Gasteiger charge is 2.32. The van der Waals surface area contributed by atoms with Crippen molar-refractivity contribution in [2.24, 2.45) is 10.9 Å². The Bertz CT molecular complexity index is 483. The summed E-state index contributed by atoms with van der Waals surface area (Å²) in [5.41, 5.74) is 0. The molecule has 6 heteroatoms. The van der Waals surface area contributed by atoms with E-state index in [9.17, 15) is 4.79 Å². The Hall–Kier alpha value is -1.30. The average molecular weight is 379 g/mol. The molecule has 1 amide bonds. The lowest BCUT2D eigenvalue weighted by Gasteiger charge is -2.22. The molecule has 0 bridgehead atoms. The van der Waals surface area contributed by atoms with Gasteiger partial charge in [-0.1, -0.05) is 38.5 Å². The van der Waals surface area contributed by atoms with Gasteiger partial charge in [0.05, 0.1) is 12.7 Å². The molecule has 3 fully saturated rings. The summed E-state index contributed by atoms with van der Waals surface area (Å²) in [6.07, 6.45) is 13.8. The van der Waals surface area contributed by atoms with Crippen molar-refractivity contribution in [2.75, 3.05) is 33.3 Å². The van der Waals surface area contributed by atoms with E-state index in [0.717, 1.165) is 51.5 Å². The van der Waals surface area contributed by atoms with E-state index >= 15 is 0 Å². The van der Waals surface area contributed by atoms with Gasteiger partial charge in [0.1, 0.15) is 0 Å². The minimum Gasteiger partial charge on any atom is -0.376 e. The van der Waals surface area contributed by atoms with Crippen molar-refractivity contribution in [3.05, 3.63) is 0 Å². The Morgan fingerprint density at radius 1 is 1.04 bits per heavy atom. The molecule has 1 saturated heterocycles. The summed E-state index contributed by atoms with van der Waals surface area (Å²) < 4.78 is 6.04. The smallest absolute Gasteiger partial charge is 0.225 e. The predicted molar refractivity (Wildman–Crippen MR) is 109 cm³/mol. The first-order chi connectivity index (χ1) is 13.3. The molecule has 27 heavy (non-hydrogen) atoms. The van der Waals surface area contributed by atoms with Gasteiger partial charge < -0.3 is 20.3 Å². The number of likely N-dealkylation sites (tertiary alicyclic amines) is 1. The quantitative estimate of drug-likeness (QED) is 0.323. The third kappa shape index (κ3) is 6.37. The van der Waals surface area contributed by atoms with E-state index in [2.05, 4.69) is 20.5 Å². The van der Waals surface area contributed by atoms with Crippen molar-refractivity contribution in [1.29, 1.82) is 0 Å². The first-order valence-electron chi connectivity index (χ1n) is 11.1. The van der Waals surface area contributed by atoms with Crippen molar-refractivity contribution in [2.45, 2.75) is 82.8 Å². The van der Waals surface area contributed by atoms with E-state index in [0.29, 0.717) is 18.1 Å². The summed E-state index contributed by atoms with van der Waals surface area (Å²) >= 11 is 0. The zero-order chi connectivity index (χ0) is 18.9. The van der Waals surface area contributed by atoms with Crippen molar-refractivity contribution in [3.8, 4) is 0 Å². The minimum atomic E-state index is 0.280. The molecule has 0 spiro atoms. The maximum Gasteiger partial charge on any atom is 0.225 e. The maximum atomic E-state index is 12.6. The number of guanidine groups is 1. The number of rotatable bonds is 6. The van der Waals surface area contributed by atoms with Gasteiger partial charge in [-0.2, -0.15) is 0 Å². The van der Waals surface area contributed by atoms with Gasteiger partial charge in [0.2, 0.25) is 5.91 Å². The van der Waals surface area contributed by atoms with Crippen LogP contribution in [0.2, 0.25) is 0 Å². The largest absolute Gasteiger partial charge is 0.376 e. The Balaban J connectivity index is 1.32. The van der Waals surface area contributed by atoms with E-state index in [-0.39, 0.29) is 5.92 Å². The molecule has 0 aromatic heterocycles. The normalized spacial score (nSPS) is 25.6. The Kier molecular flexibility index (Phi) is 8.24. The van der Waals surface area contributed by atoms with Crippen LogP contribution in [0.4, 0.5) is 0 Å². The number of hydrogen-bond acceptors (Lipinski definition) is 3. The highest BCUT2D eigenvalue weighted by Crippen LogP contribution is 2.27.